The van der Waals surface area contributed by atoms with Gasteiger partial charge in [-0.3, -0.25) is 0 Å². The second-order valence-electron chi connectivity index (χ2n) is 10.2. The van der Waals surface area contributed by atoms with Crippen LogP contribution in [0.4, 0.5) is 0 Å². The fourth-order valence-electron chi connectivity index (χ4n) is 4.44. The lowest BCUT2D eigenvalue weighted by Crippen LogP contribution is -2.40. The number of carbonyl (C=O) groups excluding carboxylic acids is 2. The van der Waals surface area contributed by atoms with Crippen LogP contribution in [0.3, 0.4) is 0 Å². The summed E-state index contributed by atoms with van der Waals surface area (Å²) in [6.45, 7) is -0.612. The maximum Gasteiger partial charge on any atom is 0.331 e. The van der Waals surface area contributed by atoms with Crippen LogP contribution in [0, 0.1) is 0 Å². The van der Waals surface area contributed by atoms with E-state index in [0.29, 0.717) is 0 Å². The summed E-state index contributed by atoms with van der Waals surface area (Å²) in [5.74, 6) is -1.78. The number of rotatable bonds is 16. The summed E-state index contributed by atoms with van der Waals surface area (Å²) < 4.78 is 67.5. The van der Waals surface area contributed by atoms with Crippen LogP contribution in [-0.2, 0) is 52.0 Å². The number of nitrogens with one attached hydrogen (secondary N) is 2. The van der Waals surface area contributed by atoms with Gasteiger partial charge in [0.05, 0.1) is 21.9 Å². The highest BCUT2D eigenvalue weighted by atomic mass is 32.2. The van der Waals surface area contributed by atoms with Crippen molar-refractivity contribution in [2.75, 3.05) is 13.2 Å². The van der Waals surface area contributed by atoms with Gasteiger partial charge in [-0.15, -0.1) is 0 Å². The maximum atomic E-state index is 12.9. The Hall–Kier alpha value is -4.62. The van der Waals surface area contributed by atoms with Gasteiger partial charge in [-0.25, -0.2) is 35.9 Å². The number of hydrogen-bond donors (Lipinski definition) is 2. The monoisotopic (exact) mass is 662 g/mol. The molecule has 0 saturated heterocycles. The molecule has 2 atom stereocenters. The molecule has 0 aliphatic heterocycles. The van der Waals surface area contributed by atoms with Crippen LogP contribution in [0.2, 0.25) is 0 Å². The average Bonchev–Trinajstić information content (AvgIpc) is 3.06. The Morgan fingerprint density at radius 2 is 0.826 bits per heavy atom. The lowest BCUT2D eigenvalue weighted by molar-refractivity contribution is -0.141. The summed E-state index contributed by atoms with van der Waals surface area (Å²) in [6, 6.07) is 32.3. The standard InChI is InChI=1S/C34H34N2O8S2/c37-33(43-25-29(23-27-13-5-1-6-14-27)35-45(39,40)31-17-9-3-10-18-31)21-22-34(38)44-26-30(24-28-15-7-2-8-16-28)36-46(41,42)32-19-11-4-12-20-32/h1-22,29-30,35-36H,23-26H2/b22-21+/t29-,30-/m1/s1. The third-order valence-electron chi connectivity index (χ3n) is 6.61. The first-order valence-corrected chi connectivity index (χ1v) is 17.3. The van der Waals surface area contributed by atoms with Crippen LogP contribution in [0.15, 0.2) is 143 Å². The van der Waals surface area contributed by atoms with E-state index in [9.17, 15) is 26.4 Å². The van der Waals surface area contributed by atoms with E-state index in [1.54, 1.807) is 36.4 Å². The average molecular weight is 663 g/mol. The summed E-state index contributed by atoms with van der Waals surface area (Å²) in [5.41, 5.74) is 1.65. The Balaban J connectivity index is 1.35. The smallest absolute Gasteiger partial charge is 0.331 e. The van der Waals surface area contributed by atoms with Crippen LogP contribution in [0.25, 0.3) is 0 Å². The third-order valence-corrected chi connectivity index (χ3v) is 9.68. The van der Waals surface area contributed by atoms with Crippen molar-refractivity contribution >= 4 is 32.0 Å². The number of esters is 2. The van der Waals surface area contributed by atoms with Crippen LogP contribution in [0.5, 0.6) is 0 Å². The van der Waals surface area contributed by atoms with Crippen LogP contribution >= 0.6 is 0 Å². The lowest BCUT2D eigenvalue weighted by atomic mass is 10.1. The van der Waals surface area contributed by atoms with Gasteiger partial charge in [0, 0.05) is 12.2 Å². The Labute approximate surface area is 269 Å². The van der Waals surface area contributed by atoms with Gasteiger partial charge in [-0.05, 0) is 48.2 Å². The second kappa shape index (κ2) is 16.6. The molecule has 0 aliphatic carbocycles. The molecule has 240 valence electrons. The van der Waals surface area contributed by atoms with Crippen molar-refractivity contribution in [3.63, 3.8) is 0 Å². The maximum absolute atomic E-state index is 12.9. The van der Waals surface area contributed by atoms with E-state index < -0.39 is 44.1 Å². The molecule has 0 bridgehead atoms. The van der Waals surface area contributed by atoms with Crippen molar-refractivity contribution in [1.82, 2.24) is 9.44 Å². The molecule has 0 radical (unpaired) electrons. The number of sulfonamides is 2. The molecule has 0 aromatic heterocycles. The molecule has 0 unspecified atom stereocenters. The molecule has 0 heterocycles. The van der Waals surface area contributed by atoms with Gasteiger partial charge in [0.25, 0.3) is 0 Å². The minimum absolute atomic E-state index is 0.0682. The number of benzene rings is 4. The fourth-order valence-corrected chi connectivity index (χ4v) is 6.92. The van der Waals surface area contributed by atoms with Crippen molar-refractivity contribution in [3.8, 4) is 0 Å². The van der Waals surface area contributed by atoms with Crippen LogP contribution < -0.4 is 9.44 Å². The Kier molecular flexibility index (Phi) is 12.4. The Morgan fingerprint density at radius 3 is 1.15 bits per heavy atom. The zero-order valence-corrected chi connectivity index (χ0v) is 26.4. The molecule has 0 amide bonds. The highest BCUT2D eigenvalue weighted by molar-refractivity contribution is 7.89. The van der Waals surface area contributed by atoms with E-state index in [4.69, 9.17) is 9.47 Å². The number of hydrogen-bond acceptors (Lipinski definition) is 8. The van der Waals surface area contributed by atoms with E-state index in [2.05, 4.69) is 9.44 Å². The van der Waals surface area contributed by atoms with Crippen molar-refractivity contribution in [2.45, 2.75) is 34.7 Å². The molecule has 0 fully saturated rings. The first-order chi connectivity index (χ1) is 22.1. The first kappa shape index (κ1) is 34.3. The van der Waals surface area contributed by atoms with Crippen molar-refractivity contribution in [3.05, 3.63) is 145 Å². The van der Waals surface area contributed by atoms with Gasteiger partial charge in [0.2, 0.25) is 20.0 Å². The van der Waals surface area contributed by atoms with E-state index in [0.717, 1.165) is 23.3 Å². The molecular weight excluding hydrogens is 629 g/mol. The predicted octanol–water partition coefficient (Wildman–Crippen LogP) is 3.81. The number of carbonyl (C=O) groups is 2. The van der Waals surface area contributed by atoms with Crippen molar-refractivity contribution < 1.29 is 35.9 Å². The summed E-state index contributed by atoms with van der Waals surface area (Å²) in [7, 11) is -7.81. The van der Waals surface area contributed by atoms with Gasteiger partial charge in [-0.1, -0.05) is 97.1 Å². The van der Waals surface area contributed by atoms with Gasteiger partial charge in [0.1, 0.15) is 13.2 Å². The fraction of sp³-hybridized carbons (Fsp3) is 0.176. The molecule has 2 N–H and O–H groups in total. The van der Waals surface area contributed by atoms with E-state index in [1.165, 1.54) is 24.3 Å². The molecule has 4 aromatic carbocycles. The molecular formula is C34H34N2O8S2. The molecule has 4 aromatic rings. The Bertz CT molecular complexity index is 1670. The lowest BCUT2D eigenvalue weighted by Gasteiger charge is -2.19. The normalized spacial score (nSPS) is 13.1. The highest BCUT2D eigenvalue weighted by Gasteiger charge is 2.23. The SMILES string of the molecule is O=C(/C=C/C(=O)OC[C@@H](Cc1ccccc1)NS(=O)(=O)c1ccccc1)OC[C@@H](Cc1ccccc1)NS(=O)(=O)c1ccccc1. The molecule has 0 aliphatic rings. The van der Waals surface area contributed by atoms with Crippen LogP contribution in [0.1, 0.15) is 11.1 Å². The minimum Gasteiger partial charge on any atom is -0.461 e. The largest absolute Gasteiger partial charge is 0.461 e. The summed E-state index contributed by atoms with van der Waals surface area (Å²) >= 11 is 0. The molecule has 4 rings (SSSR count). The predicted molar refractivity (Wildman–Crippen MR) is 172 cm³/mol. The summed E-state index contributed by atoms with van der Waals surface area (Å²) in [5, 5.41) is 0. The minimum atomic E-state index is -3.90. The van der Waals surface area contributed by atoms with E-state index >= 15 is 0 Å². The van der Waals surface area contributed by atoms with E-state index in [1.807, 2.05) is 60.7 Å². The zero-order valence-electron chi connectivity index (χ0n) is 24.8. The third kappa shape index (κ3) is 11.1. The van der Waals surface area contributed by atoms with Crippen molar-refractivity contribution in [2.24, 2.45) is 0 Å². The molecule has 0 spiro atoms. The van der Waals surface area contributed by atoms with E-state index in [-0.39, 0.29) is 35.8 Å². The van der Waals surface area contributed by atoms with Crippen LogP contribution in [-0.4, -0.2) is 54.1 Å². The Morgan fingerprint density at radius 1 is 0.522 bits per heavy atom. The molecule has 10 nitrogen and oxygen atoms in total. The van der Waals surface area contributed by atoms with Gasteiger partial charge in [0.15, 0.2) is 0 Å². The second-order valence-corrected chi connectivity index (χ2v) is 13.7. The highest BCUT2D eigenvalue weighted by Crippen LogP contribution is 2.13. The first-order valence-electron chi connectivity index (χ1n) is 14.3. The molecule has 46 heavy (non-hydrogen) atoms. The van der Waals surface area contributed by atoms with Crippen molar-refractivity contribution in [1.29, 1.82) is 0 Å². The quantitative estimate of drug-likeness (QED) is 0.136. The summed E-state index contributed by atoms with van der Waals surface area (Å²) in [6.07, 6.45) is 2.23. The zero-order chi connectivity index (χ0) is 32.8. The molecule has 12 heteroatoms. The van der Waals surface area contributed by atoms with Gasteiger partial charge >= 0.3 is 11.9 Å². The topological polar surface area (TPSA) is 145 Å². The van der Waals surface area contributed by atoms with Gasteiger partial charge < -0.3 is 9.47 Å². The summed E-state index contributed by atoms with van der Waals surface area (Å²) in [4.78, 5) is 25.1. The van der Waals surface area contributed by atoms with Gasteiger partial charge in [-0.2, -0.15) is 0 Å². The number of ether oxygens (including phenoxy) is 2. The molecule has 0 saturated carbocycles.